The van der Waals surface area contributed by atoms with Crippen molar-refractivity contribution in [3.8, 4) is 0 Å². The predicted molar refractivity (Wildman–Crippen MR) is 77.6 cm³/mol. The molecule has 0 atom stereocenters. The van der Waals surface area contributed by atoms with Crippen molar-refractivity contribution in [3.05, 3.63) is 56.4 Å². The van der Waals surface area contributed by atoms with E-state index in [1.165, 1.54) is 18.2 Å². The molecule has 0 saturated heterocycles. The molecule has 0 spiro atoms. The Balaban J connectivity index is 2.36. The summed E-state index contributed by atoms with van der Waals surface area (Å²) >= 11 is 5.79. The number of aryl methyl sites for hydroxylation is 2. The van der Waals surface area contributed by atoms with Gasteiger partial charge in [-0.1, -0.05) is 11.6 Å². The molecule has 21 heavy (non-hydrogen) atoms. The molecular formula is C13H11ClN4O3. The quantitative estimate of drug-likeness (QED) is 0.694. The summed E-state index contributed by atoms with van der Waals surface area (Å²) in [7, 11) is 0. The summed E-state index contributed by atoms with van der Waals surface area (Å²) in [5.41, 5.74) is 0.883. The fourth-order valence-electron chi connectivity index (χ4n) is 1.80. The van der Waals surface area contributed by atoms with Crippen LogP contribution in [0.1, 0.15) is 21.7 Å². The van der Waals surface area contributed by atoms with Gasteiger partial charge in [-0.2, -0.15) is 0 Å². The molecule has 0 saturated carbocycles. The zero-order chi connectivity index (χ0) is 15.6. The molecule has 1 heterocycles. The van der Waals surface area contributed by atoms with Crippen LogP contribution in [0.2, 0.25) is 5.02 Å². The van der Waals surface area contributed by atoms with Gasteiger partial charge in [0.15, 0.2) is 0 Å². The lowest BCUT2D eigenvalue weighted by atomic mass is 10.1. The molecule has 108 valence electrons. The SMILES string of the molecule is Cc1cc(C)nc(NC(=O)c2cc(Cl)ccc2[N+](=O)[O-])n1. The third-order valence-electron chi connectivity index (χ3n) is 2.61. The standard InChI is InChI=1S/C13H11ClN4O3/c1-7-5-8(2)16-13(15-7)17-12(19)10-6-9(14)3-4-11(10)18(20)21/h3-6H,1-2H3,(H,15,16,17,19). The van der Waals surface area contributed by atoms with Crippen LogP contribution in [0.4, 0.5) is 11.6 Å². The zero-order valence-electron chi connectivity index (χ0n) is 11.3. The Morgan fingerprint density at radius 2 is 1.86 bits per heavy atom. The average molecular weight is 307 g/mol. The highest BCUT2D eigenvalue weighted by Gasteiger charge is 2.21. The summed E-state index contributed by atoms with van der Waals surface area (Å²) in [6.07, 6.45) is 0. The first-order valence-corrected chi connectivity index (χ1v) is 6.32. The van der Waals surface area contributed by atoms with E-state index < -0.39 is 10.8 Å². The molecule has 7 nitrogen and oxygen atoms in total. The fourth-order valence-corrected chi connectivity index (χ4v) is 1.97. The number of hydrogen-bond donors (Lipinski definition) is 1. The summed E-state index contributed by atoms with van der Waals surface area (Å²) in [5.74, 6) is -0.596. The summed E-state index contributed by atoms with van der Waals surface area (Å²) in [6, 6.07) is 5.51. The average Bonchev–Trinajstić information content (AvgIpc) is 2.36. The largest absolute Gasteiger partial charge is 0.290 e. The van der Waals surface area contributed by atoms with Crippen LogP contribution in [0.15, 0.2) is 24.3 Å². The fraction of sp³-hybridized carbons (Fsp3) is 0.154. The van der Waals surface area contributed by atoms with Crippen molar-refractivity contribution in [1.82, 2.24) is 9.97 Å². The van der Waals surface area contributed by atoms with E-state index in [1.807, 2.05) is 0 Å². The van der Waals surface area contributed by atoms with Crippen LogP contribution < -0.4 is 5.32 Å². The first kappa shape index (κ1) is 14.9. The Kier molecular flexibility index (Phi) is 4.13. The van der Waals surface area contributed by atoms with Crippen LogP contribution in [0.5, 0.6) is 0 Å². The third-order valence-corrected chi connectivity index (χ3v) is 2.84. The number of hydrogen-bond acceptors (Lipinski definition) is 5. The minimum Gasteiger partial charge on any atom is -0.290 e. The lowest BCUT2D eigenvalue weighted by Gasteiger charge is -2.06. The van der Waals surface area contributed by atoms with Crippen LogP contribution in [0, 0.1) is 24.0 Å². The number of nitro groups is 1. The summed E-state index contributed by atoms with van der Waals surface area (Å²) in [6.45, 7) is 3.51. The number of nitrogens with one attached hydrogen (secondary N) is 1. The lowest BCUT2D eigenvalue weighted by Crippen LogP contribution is -2.16. The number of carbonyl (C=O) groups is 1. The van der Waals surface area contributed by atoms with Gasteiger partial charge in [0, 0.05) is 22.5 Å². The molecule has 0 aliphatic heterocycles. The topological polar surface area (TPSA) is 98.0 Å². The van der Waals surface area contributed by atoms with Gasteiger partial charge in [0.25, 0.3) is 11.6 Å². The van der Waals surface area contributed by atoms with Gasteiger partial charge in [0.05, 0.1) is 4.92 Å². The van der Waals surface area contributed by atoms with E-state index in [1.54, 1.807) is 19.9 Å². The molecule has 1 N–H and O–H groups in total. The van der Waals surface area contributed by atoms with Crippen molar-refractivity contribution in [2.24, 2.45) is 0 Å². The molecule has 0 aliphatic rings. The maximum absolute atomic E-state index is 12.2. The van der Waals surface area contributed by atoms with Crippen LogP contribution in [0.3, 0.4) is 0 Å². The van der Waals surface area contributed by atoms with Gasteiger partial charge in [-0.15, -0.1) is 0 Å². The molecule has 0 aliphatic carbocycles. The van der Waals surface area contributed by atoms with Crippen LogP contribution in [-0.2, 0) is 0 Å². The number of anilines is 1. The number of carbonyl (C=O) groups excluding carboxylic acids is 1. The molecule has 8 heteroatoms. The van der Waals surface area contributed by atoms with E-state index in [0.717, 1.165) is 0 Å². The van der Waals surface area contributed by atoms with Crippen molar-refractivity contribution >= 4 is 29.1 Å². The first-order chi connectivity index (χ1) is 9.86. The summed E-state index contributed by atoms with van der Waals surface area (Å²) < 4.78 is 0. The minimum atomic E-state index is -0.686. The molecule has 1 aromatic heterocycles. The molecule has 1 aromatic carbocycles. The smallest absolute Gasteiger partial charge is 0.282 e. The summed E-state index contributed by atoms with van der Waals surface area (Å²) in [4.78, 5) is 30.6. The normalized spacial score (nSPS) is 10.2. The second kappa shape index (κ2) is 5.84. The van der Waals surface area contributed by atoms with Crippen molar-refractivity contribution in [2.45, 2.75) is 13.8 Å². The Labute approximate surface area is 125 Å². The number of rotatable bonds is 3. The number of benzene rings is 1. The zero-order valence-corrected chi connectivity index (χ0v) is 12.0. The minimum absolute atomic E-state index is 0.0896. The van der Waals surface area contributed by atoms with E-state index >= 15 is 0 Å². The number of amides is 1. The number of nitrogens with zero attached hydrogens (tertiary/aromatic N) is 3. The molecule has 2 aromatic rings. The van der Waals surface area contributed by atoms with Gasteiger partial charge in [0.1, 0.15) is 5.56 Å². The highest BCUT2D eigenvalue weighted by atomic mass is 35.5. The maximum Gasteiger partial charge on any atom is 0.282 e. The predicted octanol–water partition coefficient (Wildman–Crippen LogP) is 2.91. The van der Waals surface area contributed by atoms with E-state index in [-0.39, 0.29) is 22.2 Å². The molecular weight excluding hydrogens is 296 g/mol. The second-order valence-corrected chi connectivity index (χ2v) is 4.78. The maximum atomic E-state index is 12.2. The van der Waals surface area contributed by atoms with Gasteiger partial charge in [-0.25, -0.2) is 9.97 Å². The van der Waals surface area contributed by atoms with Crippen molar-refractivity contribution < 1.29 is 9.72 Å². The molecule has 0 unspecified atom stereocenters. The van der Waals surface area contributed by atoms with Gasteiger partial charge in [-0.3, -0.25) is 20.2 Å². The first-order valence-electron chi connectivity index (χ1n) is 5.94. The Hall–Kier alpha value is -2.54. The second-order valence-electron chi connectivity index (χ2n) is 4.35. The number of nitro benzene ring substituents is 1. The van der Waals surface area contributed by atoms with E-state index in [4.69, 9.17) is 11.6 Å². The summed E-state index contributed by atoms with van der Waals surface area (Å²) in [5, 5.41) is 13.6. The third kappa shape index (κ3) is 3.51. The Morgan fingerprint density at radius 3 is 2.43 bits per heavy atom. The van der Waals surface area contributed by atoms with Gasteiger partial charge >= 0.3 is 0 Å². The van der Waals surface area contributed by atoms with E-state index in [2.05, 4.69) is 15.3 Å². The van der Waals surface area contributed by atoms with Crippen LogP contribution in [-0.4, -0.2) is 20.8 Å². The highest BCUT2D eigenvalue weighted by Crippen LogP contribution is 2.23. The van der Waals surface area contributed by atoms with Crippen molar-refractivity contribution in [2.75, 3.05) is 5.32 Å². The number of halogens is 1. The Morgan fingerprint density at radius 1 is 1.24 bits per heavy atom. The van der Waals surface area contributed by atoms with Gasteiger partial charge in [-0.05, 0) is 32.0 Å². The molecule has 1 amide bonds. The van der Waals surface area contributed by atoms with Gasteiger partial charge in [0.2, 0.25) is 5.95 Å². The van der Waals surface area contributed by atoms with Gasteiger partial charge < -0.3 is 0 Å². The molecule has 0 fully saturated rings. The monoisotopic (exact) mass is 306 g/mol. The molecule has 0 radical (unpaired) electrons. The highest BCUT2D eigenvalue weighted by molar-refractivity contribution is 6.31. The molecule has 0 bridgehead atoms. The van der Waals surface area contributed by atoms with Crippen molar-refractivity contribution in [3.63, 3.8) is 0 Å². The van der Waals surface area contributed by atoms with Crippen molar-refractivity contribution in [1.29, 1.82) is 0 Å². The Bertz CT molecular complexity index is 713. The van der Waals surface area contributed by atoms with E-state index in [0.29, 0.717) is 11.4 Å². The lowest BCUT2D eigenvalue weighted by molar-refractivity contribution is -0.385. The van der Waals surface area contributed by atoms with E-state index in [9.17, 15) is 14.9 Å². The van der Waals surface area contributed by atoms with Crippen LogP contribution in [0.25, 0.3) is 0 Å². The van der Waals surface area contributed by atoms with Crippen LogP contribution >= 0.6 is 11.6 Å². The number of aromatic nitrogens is 2. The molecule has 2 rings (SSSR count).